The van der Waals surface area contributed by atoms with E-state index in [0.29, 0.717) is 5.88 Å². The Labute approximate surface area is 165 Å². The second kappa shape index (κ2) is 7.70. The fraction of sp³-hybridized carbons (Fsp3) is 0.211. The van der Waals surface area contributed by atoms with E-state index in [2.05, 4.69) is 21.4 Å². The molecule has 2 aromatic rings. The van der Waals surface area contributed by atoms with Crippen molar-refractivity contribution < 1.29 is 14.7 Å². The Balaban J connectivity index is 2.09. The summed E-state index contributed by atoms with van der Waals surface area (Å²) in [7, 11) is 0. The number of benzene rings is 2. The van der Waals surface area contributed by atoms with Crippen molar-refractivity contribution >= 4 is 33.6 Å². The molecule has 26 heavy (non-hydrogen) atoms. The zero-order valence-electron chi connectivity index (χ0n) is 14.0. The van der Waals surface area contributed by atoms with E-state index < -0.39 is 17.8 Å². The molecule has 0 spiro atoms. The first kappa shape index (κ1) is 18.8. The summed E-state index contributed by atoms with van der Waals surface area (Å²) in [5, 5.41) is 10.0. The minimum absolute atomic E-state index is 0.392. The normalized spacial score (nSPS) is 19.8. The Morgan fingerprint density at radius 3 is 2.54 bits per heavy atom. The number of hydrogen-bond donors (Lipinski definition) is 2. The van der Waals surface area contributed by atoms with Crippen LogP contribution >= 0.6 is 27.5 Å². The highest BCUT2D eigenvalue weighted by Crippen LogP contribution is 2.39. The maximum atomic E-state index is 12.3. The fourth-order valence-corrected chi connectivity index (χ4v) is 3.93. The second-order valence-corrected chi connectivity index (χ2v) is 7.09. The van der Waals surface area contributed by atoms with Crippen molar-refractivity contribution in [2.45, 2.75) is 24.5 Å². The van der Waals surface area contributed by atoms with Gasteiger partial charge in [-0.25, -0.2) is 4.79 Å². The molecule has 0 radical (unpaired) electrons. The SMILES string of the molecule is C[C@H](c1ccccc1Br)N(C(=O)O)C1(c2ccc(CCl)cc2)C=CON1. The zero-order chi connectivity index (χ0) is 18.7. The third kappa shape index (κ3) is 3.32. The minimum atomic E-state index is -1.15. The number of nitrogens with one attached hydrogen (secondary N) is 1. The molecule has 3 rings (SSSR count). The van der Waals surface area contributed by atoms with E-state index in [-0.39, 0.29) is 0 Å². The van der Waals surface area contributed by atoms with Crippen molar-refractivity contribution in [3.05, 3.63) is 82.0 Å². The molecule has 0 saturated heterocycles. The van der Waals surface area contributed by atoms with Crippen LogP contribution in [0.15, 0.2) is 65.3 Å². The number of hydroxylamine groups is 1. The lowest BCUT2D eigenvalue weighted by atomic mass is 9.94. The van der Waals surface area contributed by atoms with Gasteiger partial charge in [0.1, 0.15) is 6.26 Å². The molecule has 136 valence electrons. The van der Waals surface area contributed by atoms with Crippen LogP contribution in [-0.4, -0.2) is 16.1 Å². The molecule has 1 aliphatic heterocycles. The lowest BCUT2D eigenvalue weighted by Gasteiger charge is -2.41. The summed E-state index contributed by atoms with van der Waals surface area (Å²) >= 11 is 9.38. The van der Waals surface area contributed by atoms with Gasteiger partial charge in [-0.3, -0.25) is 4.90 Å². The van der Waals surface area contributed by atoms with Crippen LogP contribution in [-0.2, 0) is 16.4 Å². The quantitative estimate of drug-likeness (QED) is 0.637. The molecule has 2 atom stereocenters. The zero-order valence-corrected chi connectivity index (χ0v) is 16.4. The maximum Gasteiger partial charge on any atom is 0.409 e. The summed E-state index contributed by atoms with van der Waals surface area (Å²) < 4.78 is 0.842. The summed E-state index contributed by atoms with van der Waals surface area (Å²) in [4.78, 5) is 18.9. The lowest BCUT2D eigenvalue weighted by molar-refractivity contribution is -0.0153. The van der Waals surface area contributed by atoms with Gasteiger partial charge in [0, 0.05) is 16.4 Å². The molecule has 1 unspecified atom stereocenters. The molecule has 0 aromatic heterocycles. The molecule has 7 heteroatoms. The van der Waals surface area contributed by atoms with Crippen molar-refractivity contribution in [1.82, 2.24) is 10.4 Å². The highest BCUT2D eigenvalue weighted by Gasteiger charge is 2.46. The topological polar surface area (TPSA) is 61.8 Å². The summed E-state index contributed by atoms with van der Waals surface area (Å²) in [6, 6.07) is 14.6. The first-order valence-electron chi connectivity index (χ1n) is 8.02. The molecule has 1 aliphatic rings. The van der Waals surface area contributed by atoms with Gasteiger partial charge in [0.25, 0.3) is 0 Å². The van der Waals surface area contributed by atoms with Crippen LogP contribution in [0.1, 0.15) is 29.7 Å². The number of alkyl halides is 1. The van der Waals surface area contributed by atoms with Gasteiger partial charge in [0.2, 0.25) is 0 Å². The highest BCUT2D eigenvalue weighted by atomic mass is 79.9. The third-order valence-electron chi connectivity index (χ3n) is 4.47. The monoisotopic (exact) mass is 436 g/mol. The average Bonchev–Trinajstić information content (AvgIpc) is 3.12. The van der Waals surface area contributed by atoms with Gasteiger partial charge in [-0.05, 0) is 29.7 Å². The van der Waals surface area contributed by atoms with Gasteiger partial charge in [0.05, 0.1) is 6.04 Å². The van der Waals surface area contributed by atoms with Gasteiger partial charge >= 0.3 is 6.09 Å². The van der Waals surface area contributed by atoms with Crippen LogP contribution in [0.5, 0.6) is 0 Å². The first-order chi connectivity index (χ1) is 12.5. The Bertz CT molecular complexity index is 828. The predicted molar refractivity (Wildman–Crippen MR) is 103 cm³/mol. The van der Waals surface area contributed by atoms with Crippen LogP contribution in [0.2, 0.25) is 0 Å². The van der Waals surface area contributed by atoms with E-state index in [0.717, 1.165) is 21.2 Å². The van der Waals surface area contributed by atoms with Gasteiger partial charge in [0.15, 0.2) is 5.66 Å². The minimum Gasteiger partial charge on any atom is -0.465 e. The molecule has 0 bridgehead atoms. The van der Waals surface area contributed by atoms with E-state index in [1.807, 2.05) is 55.5 Å². The number of hydrogen-bond acceptors (Lipinski definition) is 3. The third-order valence-corrected chi connectivity index (χ3v) is 5.50. The lowest BCUT2D eigenvalue weighted by Crippen LogP contribution is -2.55. The van der Waals surface area contributed by atoms with Crippen molar-refractivity contribution in [2.75, 3.05) is 0 Å². The van der Waals surface area contributed by atoms with Crippen LogP contribution in [0.3, 0.4) is 0 Å². The molecule has 0 aliphatic carbocycles. The summed E-state index contributed by atoms with van der Waals surface area (Å²) in [5.74, 6) is 0.392. The smallest absolute Gasteiger partial charge is 0.409 e. The molecule has 5 nitrogen and oxygen atoms in total. The summed E-state index contributed by atoms with van der Waals surface area (Å²) in [6.45, 7) is 1.84. The van der Waals surface area contributed by atoms with Gasteiger partial charge in [-0.15, -0.1) is 17.1 Å². The number of carboxylic acid groups (broad SMARTS) is 1. The van der Waals surface area contributed by atoms with E-state index in [9.17, 15) is 9.90 Å². The molecule has 2 N–H and O–H groups in total. The number of halogens is 2. The Kier molecular flexibility index (Phi) is 5.55. The summed E-state index contributed by atoms with van der Waals surface area (Å²) in [6.07, 6.45) is 2.08. The van der Waals surface area contributed by atoms with Gasteiger partial charge in [-0.1, -0.05) is 58.4 Å². The molecule has 1 amide bonds. The highest BCUT2D eigenvalue weighted by molar-refractivity contribution is 9.10. The average molecular weight is 438 g/mol. The van der Waals surface area contributed by atoms with Crippen LogP contribution in [0.4, 0.5) is 4.79 Å². The molecular formula is C19H18BrClN2O3. The van der Waals surface area contributed by atoms with E-state index in [4.69, 9.17) is 16.4 Å². The second-order valence-electron chi connectivity index (χ2n) is 5.97. The number of rotatable bonds is 5. The van der Waals surface area contributed by atoms with Crippen LogP contribution in [0, 0.1) is 0 Å². The van der Waals surface area contributed by atoms with Gasteiger partial charge < -0.3 is 9.94 Å². The van der Waals surface area contributed by atoms with Gasteiger partial charge in [-0.2, -0.15) is 0 Å². The Morgan fingerprint density at radius 1 is 1.31 bits per heavy atom. The van der Waals surface area contributed by atoms with Crippen LogP contribution in [0.25, 0.3) is 0 Å². The van der Waals surface area contributed by atoms with E-state index >= 15 is 0 Å². The predicted octanol–water partition coefficient (Wildman–Crippen LogP) is 5.13. The molecular weight excluding hydrogens is 420 g/mol. The first-order valence-corrected chi connectivity index (χ1v) is 9.35. The van der Waals surface area contributed by atoms with Crippen molar-refractivity contribution in [3.8, 4) is 0 Å². The molecule has 1 heterocycles. The van der Waals surface area contributed by atoms with Crippen molar-refractivity contribution in [1.29, 1.82) is 0 Å². The van der Waals surface area contributed by atoms with E-state index in [1.165, 1.54) is 11.2 Å². The van der Waals surface area contributed by atoms with Crippen molar-refractivity contribution in [3.63, 3.8) is 0 Å². The number of amides is 1. The van der Waals surface area contributed by atoms with Crippen LogP contribution < -0.4 is 5.48 Å². The fourth-order valence-electron chi connectivity index (χ4n) is 3.14. The van der Waals surface area contributed by atoms with Crippen molar-refractivity contribution in [2.24, 2.45) is 0 Å². The standard InChI is InChI=1S/C19H18BrClN2O3/c1-13(16-4-2-3-5-17(16)20)23(18(24)25)19(10-11-26-22-19)15-8-6-14(12-21)7-9-15/h2-11,13,22H,12H2,1H3,(H,24,25)/t13-,19?/m1/s1. The molecule has 2 aromatic carbocycles. The molecule has 0 fully saturated rings. The maximum absolute atomic E-state index is 12.3. The largest absolute Gasteiger partial charge is 0.465 e. The number of carbonyl (C=O) groups is 1. The van der Waals surface area contributed by atoms with E-state index in [1.54, 1.807) is 6.08 Å². The number of nitrogens with zero attached hydrogens (tertiary/aromatic N) is 1. The Morgan fingerprint density at radius 2 is 2.00 bits per heavy atom. The molecule has 0 saturated carbocycles. The Hall–Kier alpha value is -2.02. The summed E-state index contributed by atoms with van der Waals surface area (Å²) in [5.41, 5.74) is 4.26.